The Kier molecular flexibility index (Phi) is 7.48. The number of esters is 1. The van der Waals surface area contributed by atoms with E-state index in [1.54, 1.807) is 24.7 Å². The van der Waals surface area contributed by atoms with Gasteiger partial charge < -0.3 is 24.3 Å². The monoisotopic (exact) mass is 567 g/mol. The Bertz CT molecular complexity index is 1490. The molecule has 41 heavy (non-hydrogen) atoms. The number of nitrogens with one attached hydrogen (secondary N) is 2. The maximum Gasteiger partial charge on any atom is 0.573 e. The SMILES string of the molecule is COC(=O)[C@@H]1Cc2c([nH]c3ccccc23)[C@H]2C[C@@H](NCCCn3ccnc3)C[C@@H](c3ccc(OC(F)(F)F)cc3)N21. The van der Waals surface area contributed by atoms with E-state index in [0.717, 1.165) is 53.7 Å². The largest absolute Gasteiger partial charge is 0.573 e. The van der Waals surface area contributed by atoms with E-state index in [0.29, 0.717) is 12.8 Å². The van der Waals surface area contributed by atoms with Gasteiger partial charge in [0, 0.05) is 54.0 Å². The first-order valence-electron chi connectivity index (χ1n) is 13.8. The van der Waals surface area contributed by atoms with Gasteiger partial charge in [0.15, 0.2) is 0 Å². The zero-order chi connectivity index (χ0) is 28.6. The lowest BCUT2D eigenvalue weighted by Crippen LogP contribution is -2.55. The van der Waals surface area contributed by atoms with Crippen LogP contribution in [-0.4, -0.2) is 57.5 Å². The summed E-state index contributed by atoms with van der Waals surface area (Å²) in [5.41, 5.74) is 4.04. The molecule has 0 unspecified atom stereocenters. The van der Waals surface area contributed by atoms with Crippen LogP contribution in [-0.2, 0) is 22.5 Å². The average Bonchev–Trinajstić information content (AvgIpc) is 3.62. The highest BCUT2D eigenvalue weighted by molar-refractivity contribution is 5.87. The molecule has 2 aromatic heterocycles. The van der Waals surface area contributed by atoms with Gasteiger partial charge in [0.1, 0.15) is 11.8 Å². The fraction of sp³-hybridized carbons (Fsp3) is 0.400. The van der Waals surface area contributed by atoms with Crippen molar-refractivity contribution in [3.8, 4) is 5.75 Å². The highest BCUT2D eigenvalue weighted by Gasteiger charge is 2.48. The Balaban J connectivity index is 1.34. The number of aromatic nitrogens is 3. The second kappa shape index (κ2) is 11.2. The van der Waals surface area contributed by atoms with Gasteiger partial charge in [-0.2, -0.15) is 0 Å². The summed E-state index contributed by atoms with van der Waals surface area (Å²) in [4.78, 5) is 23.2. The molecule has 2 aromatic carbocycles. The first-order valence-corrected chi connectivity index (χ1v) is 13.8. The van der Waals surface area contributed by atoms with Crippen LogP contribution in [0.25, 0.3) is 10.9 Å². The number of carbonyl (C=O) groups excluding carboxylic acids is 1. The highest BCUT2D eigenvalue weighted by Crippen LogP contribution is 2.49. The Morgan fingerprint density at radius 2 is 1.90 bits per heavy atom. The van der Waals surface area contributed by atoms with Gasteiger partial charge in [0.2, 0.25) is 0 Å². The minimum atomic E-state index is -4.77. The molecule has 4 aromatic rings. The lowest BCUT2D eigenvalue weighted by atomic mass is 9.79. The maximum atomic E-state index is 13.2. The van der Waals surface area contributed by atoms with Gasteiger partial charge in [-0.1, -0.05) is 30.3 Å². The van der Waals surface area contributed by atoms with Crippen molar-refractivity contribution in [3.63, 3.8) is 0 Å². The number of benzene rings is 2. The van der Waals surface area contributed by atoms with E-state index in [1.807, 2.05) is 29.0 Å². The lowest BCUT2D eigenvalue weighted by molar-refractivity contribution is -0.274. The van der Waals surface area contributed by atoms with Crippen LogP contribution < -0.4 is 10.1 Å². The molecule has 0 saturated carbocycles. The molecule has 0 bridgehead atoms. The molecule has 0 spiro atoms. The summed E-state index contributed by atoms with van der Waals surface area (Å²) in [5.74, 6) is -0.594. The number of methoxy groups -OCH3 is 1. The standard InChI is InChI=1S/C30H32F3N5O3/c1-40-29(39)27-17-23-22-5-2-3-6-24(22)36-28(23)26-16-20(35-11-4-13-37-14-12-34-18-37)15-25(38(26)27)19-7-9-21(10-8-19)41-30(31,32)33/h2-3,5-10,12,14,18,20,25-27,35-36H,4,11,13,15-17H2,1H3/t20-,25-,26+,27-/m0/s1. The molecular formula is C30H32F3N5O3. The fourth-order valence-electron chi connectivity index (χ4n) is 6.52. The molecule has 6 rings (SSSR count). The summed E-state index contributed by atoms with van der Waals surface area (Å²) in [5, 5.41) is 4.81. The van der Waals surface area contributed by atoms with Crippen molar-refractivity contribution in [1.82, 2.24) is 24.8 Å². The summed E-state index contributed by atoms with van der Waals surface area (Å²) in [6.07, 6.45) is 3.58. The van der Waals surface area contributed by atoms with Crippen molar-refractivity contribution in [2.75, 3.05) is 13.7 Å². The number of fused-ring (bicyclic) bond motifs is 5. The number of nitrogens with zero attached hydrogens (tertiary/aromatic N) is 3. The van der Waals surface area contributed by atoms with E-state index in [4.69, 9.17) is 4.74 Å². The molecular weight excluding hydrogens is 535 g/mol. The van der Waals surface area contributed by atoms with E-state index in [1.165, 1.54) is 19.2 Å². The maximum absolute atomic E-state index is 13.2. The number of alkyl halides is 3. The molecule has 1 fully saturated rings. The van der Waals surface area contributed by atoms with Gasteiger partial charge in [0.25, 0.3) is 0 Å². The number of hydrogen-bond acceptors (Lipinski definition) is 6. The number of ether oxygens (including phenoxy) is 2. The summed E-state index contributed by atoms with van der Waals surface area (Å²) < 4.78 is 49.9. The van der Waals surface area contributed by atoms with Crippen LogP contribution in [0, 0.1) is 0 Å². The van der Waals surface area contributed by atoms with E-state index in [2.05, 4.69) is 31.0 Å². The van der Waals surface area contributed by atoms with Crippen LogP contribution in [0.4, 0.5) is 13.2 Å². The predicted octanol–water partition coefficient (Wildman–Crippen LogP) is 5.29. The highest BCUT2D eigenvalue weighted by atomic mass is 19.4. The summed E-state index contributed by atoms with van der Waals surface area (Å²) in [6, 6.07) is 13.3. The topological polar surface area (TPSA) is 84.4 Å². The van der Waals surface area contributed by atoms with Crippen molar-refractivity contribution >= 4 is 16.9 Å². The number of rotatable bonds is 8. The van der Waals surface area contributed by atoms with Gasteiger partial charge in [-0.05, 0) is 55.1 Å². The van der Waals surface area contributed by atoms with Crippen molar-refractivity contribution in [2.24, 2.45) is 0 Å². The minimum absolute atomic E-state index is 0.116. The number of aryl methyl sites for hydroxylation is 1. The van der Waals surface area contributed by atoms with Crippen molar-refractivity contribution in [1.29, 1.82) is 0 Å². The van der Waals surface area contributed by atoms with Crippen LogP contribution in [0.15, 0.2) is 67.3 Å². The third-order valence-corrected chi connectivity index (χ3v) is 8.23. The minimum Gasteiger partial charge on any atom is -0.468 e. The smallest absolute Gasteiger partial charge is 0.468 e. The number of piperidine rings is 1. The number of carbonyl (C=O) groups is 1. The van der Waals surface area contributed by atoms with E-state index >= 15 is 0 Å². The van der Waals surface area contributed by atoms with E-state index in [9.17, 15) is 18.0 Å². The molecule has 8 nitrogen and oxygen atoms in total. The second-order valence-corrected chi connectivity index (χ2v) is 10.7. The quantitative estimate of drug-likeness (QED) is 0.223. The Morgan fingerprint density at radius 1 is 1.12 bits per heavy atom. The fourth-order valence-corrected chi connectivity index (χ4v) is 6.52. The number of hydrogen-bond donors (Lipinski definition) is 2. The Morgan fingerprint density at radius 3 is 2.63 bits per heavy atom. The molecule has 2 aliphatic heterocycles. The predicted molar refractivity (Wildman–Crippen MR) is 146 cm³/mol. The second-order valence-electron chi connectivity index (χ2n) is 10.7. The molecule has 216 valence electrons. The summed E-state index contributed by atoms with van der Waals surface area (Å²) in [6.45, 7) is 1.64. The molecule has 11 heteroatoms. The van der Waals surface area contributed by atoms with Crippen molar-refractivity contribution in [3.05, 3.63) is 84.1 Å². The number of halogens is 3. The first kappa shape index (κ1) is 27.3. The number of aromatic amines is 1. The normalized spacial score (nSPS) is 22.7. The number of imidazole rings is 1. The molecule has 0 radical (unpaired) electrons. The van der Waals surface area contributed by atoms with Crippen LogP contribution >= 0.6 is 0 Å². The van der Waals surface area contributed by atoms with Crippen LogP contribution in [0.5, 0.6) is 5.75 Å². The molecule has 4 atom stereocenters. The molecule has 0 amide bonds. The third kappa shape index (κ3) is 5.69. The molecule has 0 aliphatic carbocycles. The number of para-hydroxylation sites is 1. The van der Waals surface area contributed by atoms with Crippen molar-refractivity contribution in [2.45, 2.75) is 62.8 Å². The van der Waals surface area contributed by atoms with Gasteiger partial charge in [0.05, 0.1) is 19.5 Å². The van der Waals surface area contributed by atoms with E-state index < -0.39 is 12.4 Å². The number of H-pyrrole nitrogens is 1. The molecule has 1 saturated heterocycles. The zero-order valence-electron chi connectivity index (χ0n) is 22.6. The Labute approximate surface area is 235 Å². The Hall–Kier alpha value is -3.83. The lowest BCUT2D eigenvalue weighted by Gasteiger charge is -2.50. The van der Waals surface area contributed by atoms with Crippen LogP contribution in [0.1, 0.15) is 48.2 Å². The third-order valence-electron chi connectivity index (χ3n) is 8.23. The average molecular weight is 568 g/mol. The first-order chi connectivity index (χ1) is 19.8. The van der Waals surface area contributed by atoms with Gasteiger partial charge in [-0.15, -0.1) is 13.2 Å². The molecule has 2 aliphatic rings. The summed E-state index contributed by atoms with van der Waals surface area (Å²) in [7, 11) is 1.40. The molecule has 4 heterocycles. The van der Waals surface area contributed by atoms with Gasteiger partial charge in [-0.25, -0.2) is 4.98 Å². The molecule has 2 N–H and O–H groups in total. The van der Waals surface area contributed by atoms with E-state index in [-0.39, 0.29) is 29.8 Å². The van der Waals surface area contributed by atoms with Gasteiger partial charge in [-0.3, -0.25) is 9.69 Å². The van der Waals surface area contributed by atoms with Crippen LogP contribution in [0.3, 0.4) is 0 Å². The van der Waals surface area contributed by atoms with Gasteiger partial charge >= 0.3 is 12.3 Å². The van der Waals surface area contributed by atoms with Crippen molar-refractivity contribution < 1.29 is 27.4 Å². The van der Waals surface area contributed by atoms with Crippen LogP contribution in [0.2, 0.25) is 0 Å². The zero-order valence-corrected chi connectivity index (χ0v) is 22.6. The summed E-state index contributed by atoms with van der Waals surface area (Å²) >= 11 is 0.